The Morgan fingerprint density at radius 2 is 1.76 bits per heavy atom. The summed E-state index contributed by atoms with van der Waals surface area (Å²) in [5.74, 6) is -0.583. The van der Waals surface area contributed by atoms with Gasteiger partial charge in [0.15, 0.2) is 0 Å². The number of carbonyl (C=O) groups excluding carboxylic acids is 1. The first-order chi connectivity index (χ1) is 7.91. The molecule has 0 bridgehead atoms. The van der Waals surface area contributed by atoms with E-state index in [2.05, 4.69) is 0 Å². The Bertz CT molecular complexity index is 532. The van der Waals surface area contributed by atoms with Gasteiger partial charge in [-0.1, -0.05) is 0 Å². The van der Waals surface area contributed by atoms with E-state index in [0.717, 1.165) is 0 Å². The second-order valence-corrected chi connectivity index (χ2v) is 5.91. The minimum Gasteiger partial charge on any atom is -0.366 e. The number of benzene rings is 1. The molecule has 2 rings (SSSR count). The van der Waals surface area contributed by atoms with Crippen molar-refractivity contribution in [1.29, 1.82) is 0 Å². The first-order valence-corrected chi connectivity index (χ1v) is 6.51. The first kappa shape index (κ1) is 12.0. The van der Waals surface area contributed by atoms with Crippen molar-refractivity contribution in [1.82, 2.24) is 4.31 Å². The molecule has 1 amide bonds. The number of hydrogen-bond donors (Lipinski definition) is 2. The van der Waals surface area contributed by atoms with Crippen molar-refractivity contribution in [2.24, 2.45) is 11.5 Å². The van der Waals surface area contributed by atoms with E-state index in [4.69, 9.17) is 11.5 Å². The van der Waals surface area contributed by atoms with Crippen LogP contribution in [0.5, 0.6) is 0 Å². The summed E-state index contributed by atoms with van der Waals surface area (Å²) in [5, 5.41) is 0. The largest absolute Gasteiger partial charge is 0.366 e. The third-order valence-corrected chi connectivity index (χ3v) is 4.50. The van der Waals surface area contributed by atoms with Crippen molar-refractivity contribution in [3.8, 4) is 0 Å². The normalized spacial score (nSPS) is 17.7. The fourth-order valence-corrected chi connectivity index (χ4v) is 3.16. The monoisotopic (exact) mass is 255 g/mol. The molecule has 1 aliphatic heterocycles. The number of primary amides is 1. The van der Waals surface area contributed by atoms with E-state index in [1.807, 2.05) is 0 Å². The Labute approximate surface area is 99.2 Å². The van der Waals surface area contributed by atoms with Gasteiger partial charge in [-0.3, -0.25) is 4.79 Å². The van der Waals surface area contributed by atoms with Crippen LogP contribution in [-0.4, -0.2) is 37.8 Å². The number of nitrogens with two attached hydrogens (primary N) is 2. The van der Waals surface area contributed by atoms with Gasteiger partial charge in [0.2, 0.25) is 15.9 Å². The van der Waals surface area contributed by atoms with Gasteiger partial charge in [0, 0.05) is 24.7 Å². The predicted octanol–water partition coefficient (Wildman–Crippen LogP) is -0.883. The molecule has 1 saturated heterocycles. The van der Waals surface area contributed by atoms with Crippen LogP contribution < -0.4 is 11.5 Å². The molecule has 92 valence electrons. The van der Waals surface area contributed by atoms with Crippen molar-refractivity contribution < 1.29 is 13.2 Å². The van der Waals surface area contributed by atoms with Crippen molar-refractivity contribution in [2.45, 2.75) is 10.9 Å². The summed E-state index contributed by atoms with van der Waals surface area (Å²) in [6.45, 7) is 0.666. The van der Waals surface area contributed by atoms with Crippen LogP contribution >= 0.6 is 0 Å². The molecule has 1 aromatic carbocycles. The maximum Gasteiger partial charge on any atom is 0.248 e. The SMILES string of the molecule is NC(=O)c1ccc(S(=O)(=O)N2CC(N)C2)cc1. The number of sulfonamides is 1. The number of carbonyl (C=O) groups is 1. The van der Waals surface area contributed by atoms with Crippen LogP contribution in [-0.2, 0) is 10.0 Å². The van der Waals surface area contributed by atoms with Gasteiger partial charge in [0.1, 0.15) is 0 Å². The summed E-state index contributed by atoms with van der Waals surface area (Å²) in [5.41, 5.74) is 10.9. The molecule has 0 spiro atoms. The molecule has 0 radical (unpaired) electrons. The standard InChI is InChI=1S/C10H13N3O3S/c11-8-5-13(6-8)17(15,16)9-3-1-7(2-4-9)10(12)14/h1-4,8H,5-6,11H2,(H2,12,14). The number of hydrogen-bond acceptors (Lipinski definition) is 4. The predicted molar refractivity (Wildman–Crippen MR) is 61.7 cm³/mol. The Balaban J connectivity index is 2.25. The average Bonchev–Trinajstić information content (AvgIpc) is 2.25. The van der Waals surface area contributed by atoms with Crippen LogP contribution in [0.25, 0.3) is 0 Å². The van der Waals surface area contributed by atoms with Crippen molar-refractivity contribution in [3.63, 3.8) is 0 Å². The van der Waals surface area contributed by atoms with Gasteiger partial charge in [-0.2, -0.15) is 4.31 Å². The molecule has 7 heteroatoms. The van der Waals surface area contributed by atoms with Crippen LogP contribution in [0.1, 0.15) is 10.4 Å². The lowest BCUT2D eigenvalue weighted by Gasteiger charge is -2.35. The maximum atomic E-state index is 12.0. The summed E-state index contributed by atoms with van der Waals surface area (Å²) in [4.78, 5) is 11.0. The lowest BCUT2D eigenvalue weighted by atomic mass is 10.2. The fraction of sp³-hybridized carbons (Fsp3) is 0.300. The average molecular weight is 255 g/mol. The summed E-state index contributed by atoms with van der Waals surface area (Å²) in [6.07, 6.45) is 0. The first-order valence-electron chi connectivity index (χ1n) is 5.07. The molecule has 0 aliphatic carbocycles. The van der Waals surface area contributed by atoms with E-state index >= 15 is 0 Å². The quantitative estimate of drug-likeness (QED) is 0.731. The zero-order valence-corrected chi connectivity index (χ0v) is 9.85. The van der Waals surface area contributed by atoms with Gasteiger partial charge in [-0.15, -0.1) is 0 Å². The lowest BCUT2D eigenvalue weighted by molar-refractivity contribution is 0.1000. The Morgan fingerprint density at radius 3 is 2.18 bits per heavy atom. The molecule has 0 unspecified atom stereocenters. The van der Waals surface area contributed by atoms with E-state index in [-0.39, 0.29) is 16.5 Å². The minimum absolute atomic E-state index is 0.0883. The molecule has 1 aromatic rings. The molecule has 1 aliphatic rings. The smallest absolute Gasteiger partial charge is 0.248 e. The highest BCUT2D eigenvalue weighted by atomic mass is 32.2. The van der Waals surface area contributed by atoms with Crippen LogP contribution in [0.4, 0.5) is 0 Å². The third kappa shape index (κ3) is 2.17. The van der Waals surface area contributed by atoms with E-state index in [1.54, 1.807) is 0 Å². The van der Waals surface area contributed by atoms with Crippen LogP contribution in [0.3, 0.4) is 0 Å². The van der Waals surface area contributed by atoms with E-state index in [0.29, 0.717) is 13.1 Å². The maximum absolute atomic E-state index is 12.0. The summed E-state index contributed by atoms with van der Waals surface area (Å²) in [6, 6.07) is 5.46. The molecule has 0 atom stereocenters. The zero-order chi connectivity index (χ0) is 12.6. The van der Waals surface area contributed by atoms with Crippen molar-refractivity contribution in [3.05, 3.63) is 29.8 Å². The minimum atomic E-state index is -3.48. The molecular formula is C10H13N3O3S. The van der Waals surface area contributed by atoms with Crippen LogP contribution in [0.15, 0.2) is 29.2 Å². The summed E-state index contributed by atoms with van der Waals surface area (Å²) >= 11 is 0. The number of nitrogens with zero attached hydrogens (tertiary/aromatic N) is 1. The highest BCUT2D eigenvalue weighted by molar-refractivity contribution is 7.89. The van der Waals surface area contributed by atoms with Crippen molar-refractivity contribution >= 4 is 15.9 Å². The Morgan fingerprint density at radius 1 is 1.24 bits per heavy atom. The molecule has 4 N–H and O–H groups in total. The van der Waals surface area contributed by atoms with Gasteiger partial charge in [-0.05, 0) is 24.3 Å². The lowest BCUT2D eigenvalue weighted by Crippen LogP contribution is -2.57. The fourth-order valence-electron chi connectivity index (χ4n) is 1.61. The van der Waals surface area contributed by atoms with Gasteiger partial charge < -0.3 is 11.5 Å². The van der Waals surface area contributed by atoms with E-state index < -0.39 is 15.9 Å². The van der Waals surface area contributed by atoms with Gasteiger partial charge >= 0.3 is 0 Å². The molecule has 1 fully saturated rings. The molecule has 17 heavy (non-hydrogen) atoms. The van der Waals surface area contributed by atoms with E-state index in [1.165, 1.54) is 28.6 Å². The van der Waals surface area contributed by atoms with Gasteiger partial charge in [0.05, 0.1) is 4.90 Å². The molecule has 0 saturated carbocycles. The third-order valence-electron chi connectivity index (χ3n) is 2.65. The summed E-state index contributed by atoms with van der Waals surface area (Å²) in [7, 11) is -3.48. The molecular weight excluding hydrogens is 242 g/mol. The molecule has 6 nitrogen and oxygen atoms in total. The van der Waals surface area contributed by atoms with E-state index in [9.17, 15) is 13.2 Å². The van der Waals surface area contributed by atoms with Crippen LogP contribution in [0.2, 0.25) is 0 Å². The van der Waals surface area contributed by atoms with Crippen LogP contribution in [0, 0.1) is 0 Å². The van der Waals surface area contributed by atoms with Crippen molar-refractivity contribution in [2.75, 3.05) is 13.1 Å². The second-order valence-electron chi connectivity index (χ2n) is 3.97. The highest BCUT2D eigenvalue weighted by Gasteiger charge is 2.34. The zero-order valence-electron chi connectivity index (χ0n) is 9.04. The molecule has 1 heterocycles. The summed E-state index contributed by atoms with van der Waals surface area (Å²) < 4.78 is 25.3. The molecule has 0 aromatic heterocycles. The number of rotatable bonds is 3. The second kappa shape index (κ2) is 4.10. The van der Waals surface area contributed by atoms with Gasteiger partial charge in [-0.25, -0.2) is 8.42 Å². The topological polar surface area (TPSA) is 106 Å². The Hall–Kier alpha value is -1.44. The van der Waals surface area contributed by atoms with Gasteiger partial charge in [0.25, 0.3) is 0 Å². The highest BCUT2D eigenvalue weighted by Crippen LogP contribution is 2.20. The number of amides is 1. The Kier molecular flexibility index (Phi) is 2.90.